The first kappa shape index (κ1) is 12.9. The van der Waals surface area contributed by atoms with Crippen molar-refractivity contribution in [3.05, 3.63) is 35.0 Å². The van der Waals surface area contributed by atoms with Gasteiger partial charge in [-0.05, 0) is 19.1 Å². The highest BCUT2D eigenvalue weighted by Gasteiger charge is 2.27. The molecule has 17 heavy (non-hydrogen) atoms. The average molecular weight is 342 g/mol. The zero-order valence-corrected chi connectivity index (χ0v) is 12.8. The fourth-order valence-electron chi connectivity index (χ4n) is 2.73. The third kappa shape index (κ3) is 2.22. The number of aromatic nitrogens is 1. The lowest BCUT2D eigenvalue weighted by atomic mass is 10.0. The number of nitrogens with zero attached hydrogens (tertiary/aromatic N) is 1. The molecule has 0 unspecified atom stereocenters. The highest BCUT2D eigenvalue weighted by Crippen LogP contribution is 2.29. The molecule has 1 N–H and O–H groups in total. The van der Waals surface area contributed by atoms with Gasteiger partial charge in [-0.25, -0.2) is 0 Å². The molecule has 0 amide bonds. The lowest BCUT2D eigenvalue weighted by Crippen LogP contribution is -3.00. The Morgan fingerprint density at radius 3 is 2.76 bits per heavy atom. The van der Waals surface area contributed by atoms with Crippen LogP contribution in [0.25, 0.3) is 10.9 Å². The second-order valence-electron chi connectivity index (χ2n) is 5.70. The van der Waals surface area contributed by atoms with Crippen LogP contribution in [0.5, 0.6) is 0 Å². The molecule has 0 radical (unpaired) electrons. The van der Waals surface area contributed by atoms with Crippen molar-refractivity contribution >= 4 is 10.9 Å². The van der Waals surface area contributed by atoms with Crippen LogP contribution in [-0.4, -0.2) is 30.1 Å². The quantitative estimate of drug-likeness (QED) is 0.496. The van der Waals surface area contributed by atoms with E-state index in [0.29, 0.717) is 0 Å². The Balaban J connectivity index is 0.00000108. The van der Waals surface area contributed by atoms with Gasteiger partial charge in [0.1, 0.15) is 6.54 Å². The Labute approximate surface area is 120 Å². The second-order valence-corrected chi connectivity index (χ2v) is 5.70. The van der Waals surface area contributed by atoms with Crippen LogP contribution in [0.3, 0.4) is 0 Å². The van der Waals surface area contributed by atoms with Gasteiger partial charge in [0, 0.05) is 28.6 Å². The zero-order valence-electron chi connectivity index (χ0n) is 10.7. The predicted molar refractivity (Wildman–Crippen MR) is 67.4 cm³/mol. The summed E-state index contributed by atoms with van der Waals surface area (Å²) in [4.78, 5) is 3.57. The highest BCUT2D eigenvalue weighted by molar-refractivity contribution is 5.85. The number of quaternary nitrogens is 1. The molecule has 1 aromatic carbocycles. The number of hydrogen-bond donors (Lipinski definition) is 1. The van der Waals surface area contributed by atoms with E-state index in [1.165, 1.54) is 40.7 Å². The maximum Gasteiger partial charge on any atom is 0.106 e. The number of fused-ring (bicyclic) bond motifs is 3. The first-order valence-corrected chi connectivity index (χ1v) is 5.97. The Kier molecular flexibility index (Phi) is 3.25. The number of aromatic amines is 1. The van der Waals surface area contributed by atoms with Gasteiger partial charge < -0.3 is 33.4 Å². The summed E-state index contributed by atoms with van der Waals surface area (Å²) in [5, 5.41) is 1.43. The monoisotopic (exact) mass is 342 g/mol. The Hall–Kier alpha value is -0.550. The summed E-state index contributed by atoms with van der Waals surface area (Å²) in [7, 11) is 4.63. The van der Waals surface area contributed by atoms with Gasteiger partial charge in [0.25, 0.3) is 0 Å². The zero-order chi connectivity index (χ0) is 11.3. The van der Waals surface area contributed by atoms with Gasteiger partial charge in [-0.15, -0.1) is 0 Å². The highest BCUT2D eigenvalue weighted by atomic mass is 127. The van der Waals surface area contributed by atoms with E-state index in [-0.39, 0.29) is 24.0 Å². The molecule has 0 bridgehead atoms. The Morgan fingerprint density at radius 1 is 1.24 bits per heavy atom. The summed E-state index contributed by atoms with van der Waals surface area (Å²) in [5.74, 6) is 0. The van der Waals surface area contributed by atoms with Crippen LogP contribution < -0.4 is 24.0 Å². The number of aryl methyl sites for hydroxylation is 1. The van der Waals surface area contributed by atoms with Gasteiger partial charge >= 0.3 is 0 Å². The SMILES string of the molecule is Cc1ccc2[nH]c3c(c2c1)C[N+](C)(C)CC3.[I-]. The van der Waals surface area contributed by atoms with E-state index in [1.54, 1.807) is 0 Å². The van der Waals surface area contributed by atoms with Gasteiger partial charge in [0.2, 0.25) is 0 Å². The van der Waals surface area contributed by atoms with E-state index in [0.717, 1.165) is 11.0 Å². The third-order valence-electron chi connectivity index (χ3n) is 3.70. The molecule has 1 aromatic heterocycles. The van der Waals surface area contributed by atoms with Crippen molar-refractivity contribution in [3.8, 4) is 0 Å². The van der Waals surface area contributed by atoms with E-state index >= 15 is 0 Å². The summed E-state index contributed by atoms with van der Waals surface area (Å²) in [6, 6.07) is 6.71. The van der Waals surface area contributed by atoms with Gasteiger partial charge in [-0.1, -0.05) is 11.6 Å². The van der Waals surface area contributed by atoms with Crippen LogP contribution in [0.2, 0.25) is 0 Å². The molecule has 3 heteroatoms. The summed E-state index contributed by atoms with van der Waals surface area (Å²) < 4.78 is 1.11. The maximum atomic E-state index is 3.57. The largest absolute Gasteiger partial charge is 1.00 e. The second kappa shape index (κ2) is 4.28. The molecule has 0 saturated heterocycles. The normalized spacial score (nSPS) is 17.6. The molecule has 0 atom stereocenters. The first-order chi connectivity index (χ1) is 7.55. The molecule has 2 nitrogen and oxygen atoms in total. The summed E-state index contributed by atoms with van der Waals surface area (Å²) in [5.41, 5.74) is 5.65. The van der Waals surface area contributed by atoms with E-state index in [9.17, 15) is 0 Å². The molecule has 0 aliphatic carbocycles. The van der Waals surface area contributed by atoms with Gasteiger partial charge in [0.15, 0.2) is 0 Å². The topological polar surface area (TPSA) is 15.8 Å². The first-order valence-electron chi connectivity index (χ1n) is 5.97. The fourth-order valence-corrected chi connectivity index (χ4v) is 2.73. The number of hydrogen-bond acceptors (Lipinski definition) is 0. The van der Waals surface area contributed by atoms with Crippen molar-refractivity contribution in [2.45, 2.75) is 19.9 Å². The van der Waals surface area contributed by atoms with E-state index in [1.807, 2.05) is 0 Å². The maximum absolute atomic E-state index is 3.57. The Bertz CT molecular complexity index is 555. The summed E-state index contributed by atoms with van der Waals surface area (Å²) >= 11 is 0. The smallest absolute Gasteiger partial charge is 0.106 e. The number of halogens is 1. The van der Waals surface area contributed by atoms with Crippen molar-refractivity contribution in [2.75, 3.05) is 20.6 Å². The van der Waals surface area contributed by atoms with Crippen LogP contribution in [0.4, 0.5) is 0 Å². The van der Waals surface area contributed by atoms with E-state index in [4.69, 9.17) is 0 Å². The summed E-state index contributed by atoms with van der Waals surface area (Å²) in [6.07, 6.45) is 1.18. The average Bonchev–Trinajstić information content (AvgIpc) is 2.55. The summed E-state index contributed by atoms with van der Waals surface area (Å²) in [6.45, 7) is 4.55. The van der Waals surface area contributed by atoms with Crippen molar-refractivity contribution in [2.24, 2.45) is 0 Å². The molecular weight excluding hydrogens is 323 g/mol. The third-order valence-corrected chi connectivity index (χ3v) is 3.70. The van der Waals surface area contributed by atoms with Gasteiger partial charge in [-0.2, -0.15) is 0 Å². The minimum atomic E-state index is 0. The number of benzene rings is 1. The van der Waals surface area contributed by atoms with Gasteiger partial charge in [0.05, 0.1) is 20.6 Å². The van der Waals surface area contributed by atoms with Crippen LogP contribution in [0.1, 0.15) is 16.8 Å². The lowest BCUT2D eigenvalue weighted by Gasteiger charge is -2.33. The Morgan fingerprint density at radius 2 is 2.00 bits per heavy atom. The van der Waals surface area contributed by atoms with Gasteiger partial charge in [-0.3, -0.25) is 0 Å². The van der Waals surface area contributed by atoms with Crippen LogP contribution in [-0.2, 0) is 13.0 Å². The predicted octanol–water partition coefficient (Wildman–Crippen LogP) is -0.387. The minimum Gasteiger partial charge on any atom is -1.00 e. The lowest BCUT2D eigenvalue weighted by molar-refractivity contribution is -0.905. The molecule has 0 saturated carbocycles. The molecule has 92 valence electrons. The van der Waals surface area contributed by atoms with Crippen molar-refractivity contribution in [1.82, 2.24) is 4.98 Å². The molecule has 2 aromatic rings. The number of nitrogens with one attached hydrogen (secondary N) is 1. The number of likely N-dealkylation sites (N-methyl/N-ethyl adjacent to an activating group) is 1. The molecule has 3 rings (SSSR count). The standard InChI is InChI=1S/C14H19N2.HI/c1-10-4-5-13-11(8-10)12-9-16(2,3)7-6-14(12)15-13;/h4-5,8,15H,6-7,9H2,1-3H3;1H/q+1;/p-1. The fraction of sp³-hybridized carbons (Fsp3) is 0.429. The minimum absolute atomic E-state index is 0. The number of H-pyrrole nitrogens is 1. The van der Waals surface area contributed by atoms with Crippen LogP contribution in [0, 0.1) is 6.92 Å². The molecule has 0 spiro atoms. The van der Waals surface area contributed by atoms with Crippen LogP contribution in [0.15, 0.2) is 18.2 Å². The van der Waals surface area contributed by atoms with Crippen molar-refractivity contribution in [3.63, 3.8) is 0 Å². The molecule has 2 heterocycles. The van der Waals surface area contributed by atoms with Crippen molar-refractivity contribution in [1.29, 1.82) is 0 Å². The van der Waals surface area contributed by atoms with Crippen molar-refractivity contribution < 1.29 is 28.5 Å². The molecule has 0 fully saturated rings. The molecule has 1 aliphatic heterocycles. The molecule has 1 aliphatic rings. The van der Waals surface area contributed by atoms with E-state index in [2.05, 4.69) is 44.2 Å². The number of rotatable bonds is 0. The molecular formula is C14H19IN2. The van der Waals surface area contributed by atoms with Crippen LogP contribution >= 0.6 is 0 Å². The van der Waals surface area contributed by atoms with E-state index < -0.39 is 0 Å².